The third kappa shape index (κ3) is 6.82. The van der Waals surface area contributed by atoms with Gasteiger partial charge < -0.3 is 30.0 Å². The van der Waals surface area contributed by atoms with Crippen molar-refractivity contribution in [2.75, 3.05) is 12.9 Å². The van der Waals surface area contributed by atoms with Gasteiger partial charge in [-0.25, -0.2) is 4.79 Å². The lowest BCUT2D eigenvalue weighted by molar-refractivity contribution is -0.268. The first-order valence-electron chi connectivity index (χ1n) is 16.8. The number of aliphatic hydroxyl groups is 1. The normalized spacial score (nSPS) is 31.4. The van der Waals surface area contributed by atoms with Crippen molar-refractivity contribution in [2.45, 2.75) is 87.5 Å². The van der Waals surface area contributed by atoms with Crippen LogP contribution in [0.3, 0.4) is 0 Å². The largest absolute Gasteiger partial charge is 0.496 e. The molecule has 0 radical (unpaired) electrons. The quantitative estimate of drug-likeness (QED) is 0.198. The summed E-state index contributed by atoms with van der Waals surface area (Å²) >= 11 is 1.73. The molecule has 244 valence electrons. The van der Waals surface area contributed by atoms with E-state index < -0.39 is 6.29 Å². The summed E-state index contributed by atoms with van der Waals surface area (Å²) in [5.41, 5.74) is 3.92. The molecule has 5 aliphatic rings. The Kier molecular flexibility index (Phi) is 9.33. The number of methoxy groups -OCH3 is 1. The number of ether oxygens (including phenoxy) is 3. The van der Waals surface area contributed by atoms with Crippen molar-refractivity contribution >= 4 is 17.8 Å². The van der Waals surface area contributed by atoms with Crippen LogP contribution in [0.2, 0.25) is 0 Å². The topological polar surface area (TPSA) is 89.1 Å². The Bertz CT molecular complexity index is 1460. The number of hydrogen-bond donors (Lipinski definition) is 3. The van der Waals surface area contributed by atoms with Gasteiger partial charge in [-0.1, -0.05) is 67.6 Å². The smallest absolute Gasteiger partial charge is 0.315 e. The van der Waals surface area contributed by atoms with Crippen LogP contribution in [0.5, 0.6) is 5.75 Å². The maximum Gasteiger partial charge on any atom is 0.315 e. The van der Waals surface area contributed by atoms with Crippen LogP contribution in [0.15, 0.2) is 77.7 Å². The van der Waals surface area contributed by atoms with Crippen molar-refractivity contribution in [3.8, 4) is 5.75 Å². The third-order valence-electron chi connectivity index (χ3n) is 10.7. The summed E-state index contributed by atoms with van der Waals surface area (Å²) in [6, 6.07) is 24.2. The lowest BCUT2D eigenvalue weighted by atomic mass is 9.53. The van der Waals surface area contributed by atoms with Crippen LogP contribution in [0.4, 0.5) is 4.79 Å². The van der Waals surface area contributed by atoms with Crippen LogP contribution in [-0.4, -0.2) is 35.6 Å². The first-order chi connectivity index (χ1) is 22.4. The minimum atomic E-state index is -0.539. The fourth-order valence-electron chi connectivity index (χ4n) is 8.74. The summed E-state index contributed by atoms with van der Waals surface area (Å²) < 4.78 is 18.9. The molecule has 1 aliphatic heterocycles. The molecule has 8 heteroatoms. The Hall–Kier alpha value is -3.04. The molecule has 46 heavy (non-hydrogen) atoms. The van der Waals surface area contributed by atoms with Gasteiger partial charge in [0.15, 0.2) is 6.29 Å². The Morgan fingerprint density at radius 2 is 1.52 bits per heavy atom. The highest BCUT2D eigenvalue weighted by Crippen LogP contribution is 2.55. The van der Waals surface area contributed by atoms with Crippen molar-refractivity contribution in [3.05, 3.63) is 95.1 Å². The predicted molar refractivity (Wildman–Crippen MR) is 179 cm³/mol. The zero-order chi connectivity index (χ0) is 31.7. The number of thioether (sulfide) groups is 1. The summed E-state index contributed by atoms with van der Waals surface area (Å²) in [6.45, 7) is 2.66. The van der Waals surface area contributed by atoms with E-state index >= 15 is 0 Å². The van der Waals surface area contributed by atoms with E-state index in [2.05, 4.69) is 35.8 Å². The molecular weight excluding hydrogens is 596 g/mol. The molecule has 3 aromatic rings. The fraction of sp³-hybridized carbons (Fsp3) is 0.500. The molecule has 4 aliphatic carbocycles. The van der Waals surface area contributed by atoms with Gasteiger partial charge in [0.25, 0.3) is 0 Å². The van der Waals surface area contributed by atoms with Crippen LogP contribution < -0.4 is 15.4 Å². The average Bonchev–Trinajstić information content (AvgIpc) is 3.06. The number of carbonyl (C=O) groups excluding carboxylic acids is 1. The SMILES string of the molecule is COc1ccccc1SC[C@@H]1O[C@H](c2ccc(CNC(=O)NC34CC5CC(CC(C5)C3)C4)cc2)O[C@H](c2ccc(CO)cc2)[C@@H]1C. The van der Waals surface area contributed by atoms with Crippen LogP contribution in [0, 0.1) is 23.7 Å². The van der Waals surface area contributed by atoms with Gasteiger partial charge in [0.1, 0.15) is 5.75 Å². The number of nitrogens with one attached hydrogen (secondary N) is 2. The van der Waals surface area contributed by atoms with Gasteiger partial charge >= 0.3 is 6.03 Å². The molecule has 1 saturated heterocycles. The summed E-state index contributed by atoms with van der Waals surface area (Å²) in [6.07, 6.45) is 6.73. The molecule has 1 heterocycles. The minimum Gasteiger partial charge on any atom is -0.496 e. The molecule has 3 aromatic carbocycles. The van der Waals surface area contributed by atoms with E-state index in [-0.39, 0.29) is 36.3 Å². The molecule has 7 nitrogen and oxygen atoms in total. The second-order valence-corrected chi connectivity index (χ2v) is 15.1. The number of carbonyl (C=O) groups is 1. The number of rotatable bonds is 10. The van der Waals surface area contributed by atoms with Gasteiger partial charge in [-0.3, -0.25) is 0 Å². The molecule has 0 spiro atoms. The lowest BCUT2D eigenvalue weighted by Crippen LogP contribution is -2.61. The van der Waals surface area contributed by atoms with E-state index in [1.807, 2.05) is 54.6 Å². The number of para-hydroxylation sites is 1. The predicted octanol–water partition coefficient (Wildman–Crippen LogP) is 7.54. The van der Waals surface area contributed by atoms with E-state index in [0.717, 1.165) is 75.7 Å². The van der Waals surface area contributed by atoms with Crippen molar-refractivity contribution in [3.63, 3.8) is 0 Å². The molecule has 0 aromatic heterocycles. The Morgan fingerprint density at radius 3 is 2.17 bits per heavy atom. The van der Waals surface area contributed by atoms with Gasteiger partial charge in [0.05, 0.1) is 25.9 Å². The number of benzene rings is 3. The number of urea groups is 1. The van der Waals surface area contributed by atoms with Gasteiger partial charge in [-0.2, -0.15) is 0 Å². The summed E-state index contributed by atoms with van der Waals surface area (Å²) in [7, 11) is 1.70. The van der Waals surface area contributed by atoms with Crippen molar-refractivity contribution in [1.82, 2.24) is 10.6 Å². The van der Waals surface area contributed by atoms with Gasteiger partial charge in [-0.05, 0) is 85.1 Å². The minimum absolute atomic E-state index is 0.00487. The molecule has 4 atom stereocenters. The summed E-state index contributed by atoms with van der Waals surface area (Å²) in [4.78, 5) is 14.1. The average molecular weight is 643 g/mol. The van der Waals surface area contributed by atoms with Crippen molar-refractivity contribution in [2.24, 2.45) is 23.7 Å². The Labute approximate surface area is 276 Å². The fourth-order valence-corrected chi connectivity index (χ4v) is 9.94. The molecule has 0 unspecified atom stereocenters. The standard InChI is InChI=1S/C38H46N2O5S/c1-24-33(23-46-34-6-4-3-5-32(34)43-2)44-36(45-35(24)30-11-9-26(22-41)10-12-30)31-13-7-25(8-14-31)21-39-37(42)40-38-18-27-15-28(19-38)17-29(16-27)20-38/h3-14,24,27-29,33,35-36,41H,15-23H2,1-2H3,(H2,39,40,42)/t24-,27?,28?,29?,33+,35+,36+,38?/m1/s1. The van der Waals surface area contributed by atoms with Crippen molar-refractivity contribution < 1.29 is 24.1 Å². The lowest BCUT2D eigenvalue weighted by Gasteiger charge is -2.56. The highest BCUT2D eigenvalue weighted by Gasteiger charge is 2.51. The highest BCUT2D eigenvalue weighted by atomic mass is 32.2. The Morgan fingerprint density at radius 1 is 0.891 bits per heavy atom. The summed E-state index contributed by atoms with van der Waals surface area (Å²) in [5, 5.41) is 16.1. The zero-order valence-corrected chi connectivity index (χ0v) is 27.6. The van der Waals surface area contributed by atoms with Gasteiger partial charge in [-0.15, -0.1) is 11.8 Å². The first kappa shape index (κ1) is 31.6. The van der Waals surface area contributed by atoms with Crippen LogP contribution >= 0.6 is 11.8 Å². The Balaban J connectivity index is 1.01. The number of aliphatic hydroxyl groups excluding tert-OH is 1. The van der Waals surface area contributed by atoms with Crippen LogP contribution in [0.1, 0.15) is 80.1 Å². The molecule has 3 N–H and O–H groups in total. The van der Waals surface area contributed by atoms with Crippen molar-refractivity contribution in [1.29, 1.82) is 0 Å². The first-order valence-corrected chi connectivity index (χ1v) is 17.8. The van der Waals surface area contributed by atoms with E-state index in [1.165, 1.54) is 19.3 Å². The second-order valence-electron chi connectivity index (χ2n) is 14.0. The monoisotopic (exact) mass is 642 g/mol. The third-order valence-corrected chi connectivity index (χ3v) is 11.9. The molecule has 4 saturated carbocycles. The van der Waals surface area contributed by atoms with Gasteiger partial charge in [0, 0.05) is 34.2 Å². The van der Waals surface area contributed by atoms with E-state index in [9.17, 15) is 9.90 Å². The number of amides is 2. The van der Waals surface area contributed by atoms with E-state index in [1.54, 1.807) is 18.9 Å². The zero-order valence-electron chi connectivity index (χ0n) is 26.8. The molecule has 8 rings (SSSR count). The van der Waals surface area contributed by atoms with Crippen LogP contribution in [0.25, 0.3) is 0 Å². The second kappa shape index (κ2) is 13.6. The van der Waals surface area contributed by atoms with Gasteiger partial charge in [0.2, 0.25) is 0 Å². The number of hydrogen-bond acceptors (Lipinski definition) is 6. The summed E-state index contributed by atoms with van der Waals surface area (Å²) in [5.74, 6) is 4.08. The molecule has 5 fully saturated rings. The van der Waals surface area contributed by atoms with E-state index in [4.69, 9.17) is 14.2 Å². The van der Waals surface area contributed by atoms with E-state index in [0.29, 0.717) is 6.54 Å². The maximum atomic E-state index is 13.0. The maximum absolute atomic E-state index is 13.0. The molecule has 2 amide bonds. The molecular formula is C38H46N2O5S. The highest BCUT2D eigenvalue weighted by molar-refractivity contribution is 7.99. The van der Waals surface area contributed by atoms with Crippen LogP contribution in [-0.2, 0) is 22.6 Å². The molecule has 4 bridgehead atoms.